The van der Waals surface area contributed by atoms with Crippen LogP contribution in [0.1, 0.15) is 34.3 Å². The fraction of sp³-hybridized carbons (Fsp3) is 0.588. The van der Waals surface area contributed by atoms with Gasteiger partial charge in [-0.05, 0) is 31.0 Å². The van der Waals surface area contributed by atoms with E-state index in [1.165, 1.54) is 0 Å². The average Bonchev–Trinajstić information content (AvgIpc) is 2.95. The molecule has 3 rings (SSSR count). The van der Waals surface area contributed by atoms with Crippen molar-refractivity contribution in [3.8, 4) is 5.75 Å². The number of piperidine rings is 1. The van der Waals surface area contributed by atoms with Crippen molar-refractivity contribution in [1.29, 1.82) is 0 Å². The molecular formula is C17H23NO4. The van der Waals surface area contributed by atoms with E-state index in [0.29, 0.717) is 37.6 Å². The Hall–Kier alpha value is -1.59. The average molecular weight is 305 g/mol. The molecule has 22 heavy (non-hydrogen) atoms. The third kappa shape index (κ3) is 2.71. The highest BCUT2D eigenvalue weighted by Gasteiger charge is 2.41. The van der Waals surface area contributed by atoms with Gasteiger partial charge in [-0.2, -0.15) is 0 Å². The molecule has 0 bridgehead atoms. The van der Waals surface area contributed by atoms with Gasteiger partial charge in [0, 0.05) is 25.9 Å². The van der Waals surface area contributed by atoms with E-state index in [1.807, 2.05) is 30.9 Å². The van der Waals surface area contributed by atoms with Crippen molar-refractivity contribution in [2.75, 3.05) is 33.4 Å². The molecule has 0 saturated carbocycles. The topological polar surface area (TPSA) is 48.0 Å². The lowest BCUT2D eigenvalue weighted by Gasteiger charge is -2.37. The monoisotopic (exact) mass is 305 g/mol. The Morgan fingerprint density at radius 3 is 2.41 bits per heavy atom. The third-order valence-corrected chi connectivity index (χ3v) is 4.48. The highest BCUT2D eigenvalue weighted by molar-refractivity contribution is 5.97. The Morgan fingerprint density at radius 2 is 1.82 bits per heavy atom. The summed E-state index contributed by atoms with van der Waals surface area (Å²) in [6.07, 6.45) is 1.46. The summed E-state index contributed by atoms with van der Waals surface area (Å²) in [7, 11) is 1.61. The zero-order valence-electron chi connectivity index (χ0n) is 13.5. The fourth-order valence-electron chi connectivity index (χ4n) is 3.39. The van der Waals surface area contributed by atoms with Crippen molar-refractivity contribution in [1.82, 2.24) is 4.90 Å². The lowest BCUT2D eigenvalue weighted by atomic mass is 10.0. The second kappa shape index (κ2) is 5.89. The van der Waals surface area contributed by atoms with Crippen LogP contribution in [0, 0.1) is 13.8 Å². The Kier molecular flexibility index (Phi) is 4.10. The minimum atomic E-state index is -0.455. The summed E-state index contributed by atoms with van der Waals surface area (Å²) in [5.74, 6) is 0.240. The lowest BCUT2D eigenvalue weighted by Crippen LogP contribution is -2.47. The normalized spacial score (nSPS) is 20.4. The Balaban J connectivity index is 1.78. The fourth-order valence-corrected chi connectivity index (χ4v) is 3.39. The number of hydrogen-bond donors (Lipinski definition) is 0. The first-order valence-corrected chi connectivity index (χ1v) is 7.77. The maximum atomic E-state index is 12.9. The van der Waals surface area contributed by atoms with Gasteiger partial charge >= 0.3 is 0 Å². The molecule has 2 heterocycles. The zero-order valence-corrected chi connectivity index (χ0v) is 13.5. The van der Waals surface area contributed by atoms with E-state index in [1.54, 1.807) is 7.11 Å². The molecule has 5 nitrogen and oxygen atoms in total. The van der Waals surface area contributed by atoms with Gasteiger partial charge in [-0.3, -0.25) is 4.79 Å². The molecule has 1 spiro atoms. The van der Waals surface area contributed by atoms with Crippen LogP contribution in [0.4, 0.5) is 0 Å². The first kappa shape index (κ1) is 15.3. The number of benzene rings is 1. The number of carbonyl (C=O) groups is 1. The van der Waals surface area contributed by atoms with Crippen molar-refractivity contribution < 1.29 is 19.0 Å². The molecule has 1 aromatic carbocycles. The van der Waals surface area contributed by atoms with Gasteiger partial charge in [0.15, 0.2) is 5.79 Å². The van der Waals surface area contributed by atoms with Crippen LogP contribution in [-0.4, -0.2) is 50.0 Å². The molecule has 1 amide bonds. The molecule has 5 heteroatoms. The number of likely N-dealkylation sites (tertiary alicyclic amines) is 1. The lowest BCUT2D eigenvalue weighted by molar-refractivity contribution is -0.181. The van der Waals surface area contributed by atoms with Gasteiger partial charge in [0.05, 0.1) is 25.9 Å². The molecule has 1 aromatic rings. The van der Waals surface area contributed by atoms with Crippen molar-refractivity contribution in [2.24, 2.45) is 0 Å². The van der Waals surface area contributed by atoms with Gasteiger partial charge in [-0.25, -0.2) is 0 Å². The van der Waals surface area contributed by atoms with Crippen LogP contribution in [0.5, 0.6) is 5.75 Å². The quantitative estimate of drug-likeness (QED) is 0.841. The molecule has 2 aliphatic heterocycles. The standard InChI is InChI=1S/C17H23NO4/c1-12-10-13(2)15(20-3)14(11-12)16(19)18-6-4-17(5-7-18)21-8-9-22-17/h10-11H,4-9H2,1-3H3. The molecule has 2 saturated heterocycles. The summed E-state index contributed by atoms with van der Waals surface area (Å²) < 4.78 is 16.9. The van der Waals surface area contributed by atoms with E-state index in [2.05, 4.69) is 0 Å². The Labute approximate surface area is 131 Å². The SMILES string of the molecule is COc1c(C)cc(C)cc1C(=O)N1CCC2(CC1)OCCO2. The summed E-state index contributed by atoms with van der Waals surface area (Å²) >= 11 is 0. The van der Waals surface area contributed by atoms with Gasteiger partial charge in [0.2, 0.25) is 0 Å². The van der Waals surface area contributed by atoms with Crippen molar-refractivity contribution in [3.05, 3.63) is 28.8 Å². The first-order valence-electron chi connectivity index (χ1n) is 7.77. The molecule has 120 valence electrons. The molecule has 2 aliphatic rings. The number of nitrogens with zero attached hydrogens (tertiary/aromatic N) is 1. The minimum absolute atomic E-state index is 0.0245. The number of amides is 1. The molecule has 0 N–H and O–H groups in total. The van der Waals surface area contributed by atoms with E-state index < -0.39 is 5.79 Å². The molecule has 2 fully saturated rings. The smallest absolute Gasteiger partial charge is 0.257 e. The predicted octanol–water partition coefficient (Wildman–Crippen LogP) is 2.29. The van der Waals surface area contributed by atoms with Gasteiger partial charge in [-0.15, -0.1) is 0 Å². The molecule has 0 aromatic heterocycles. The van der Waals surface area contributed by atoms with E-state index in [4.69, 9.17) is 14.2 Å². The summed E-state index contributed by atoms with van der Waals surface area (Å²) in [5, 5.41) is 0. The highest BCUT2D eigenvalue weighted by Crippen LogP contribution is 2.33. The van der Waals surface area contributed by atoms with Crippen molar-refractivity contribution in [2.45, 2.75) is 32.5 Å². The first-order chi connectivity index (χ1) is 10.5. The van der Waals surface area contributed by atoms with Crippen LogP contribution >= 0.6 is 0 Å². The Morgan fingerprint density at radius 1 is 1.18 bits per heavy atom. The molecule has 0 aliphatic carbocycles. The van der Waals surface area contributed by atoms with Gasteiger partial charge < -0.3 is 19.1 Å². The van der Waals surface area contributed by atoms with Gasteiger partial charge in [-0.1, -0.05) is 6.07 Å². The van der Waals surface area contributed by atoms with Crippen molar-refractivity contribution >= 4 is 5.91 Å². The van der Waals surface area contributed by atoms with E-state index in [-0.39, 0.29) is 5.91 Å². The summed E-state index contributed by atoms with van der Waals surface area (Å²) in [6.45, 7) is 6.56. The molecular weight excluding hydrogens is 282 g/mol. The van der Waals surface area contributed by atoms with Crippen LogP contribution in [-0.2, 0) is 9.47 Å². The van der Waals surface area contributed by atoms with E-state index in [0.717, 1.165) is 24.0 Å². The van der Waals surface area contributed by atoms with Crippen LogP contribution in [0.15, 0.2) is 12.1 Å². The van der Waals surface area contributed by atoms with Gasteiger partial charge in [0.25, 0.3) is 5.91 Å². The highest BCUT2D eigenvalue weighted by atomic mass is 16.7. The molecule has 0 radical (unpaired) electrons. The van der Waals surface area contributed by atoms with Crippen LogP contribution in [0.25, 0.3) is 0 Å². The second-order valence-corrected chi connectivity index (χ2v) is 6.06. The zero-order chi connectivity index (χ0) is 15.7. The number of ether oxygens (including phenoxy) is 3. The number of carbonyl (C=O) groups excluding carboxylic acids is 1. The van der Waals surface area contributed by atoms with Crippen LogP contribution < -0.4 is 4.74 Å². The second-order valence-electron chi connectivity index (χ2n) is 6.06. The van der Waals surface area contributed by atoms with Crippen LogP contribution in [0.3, 0.4) is 0 Å². The summed E-state index contributed by atoms with van der Waals surface area (Å²) in [6, 6.07) is 3.93. The maximum absolute atomic E-state index is 12.9. The maximum Gasteiger partial charge on any atom is 0.257 e. The number of hydrogen-bond acceptors (Lipinski definition) is 4. The summed E-state index contributed by atoms with van der Waals surface area (Å²) in [4.78, 5) is 14.7. The third-order valence-electron chi connectivity index (χ3n) is 4.48. The number of rotatable bonds is 2. The number of aryl methyl sites for hydroxylation is 2. The Bertz CT molecular complexity index is 568. The van der Waals surface area contributed by atoms with Gasteiger partial charge in [0.1, 0.15) is 5.75 Å². The van der Waals surface area contributed by atoms with E-state index in [9.17, 15) is 4.79 Å². The van der Waals surface area contributed by atoms with Crippen molar-refractivity contribution in [3.63, 3.8) is 0 Å². The minimum Gasteiger partial charge on any atom is -0.496 e. The van der Waals surface area contributed by atoms with E-state index >= 15 is 0 Å². The predicted molar refractivity (Wildman–Crippen MR) is 82.2 cm³/mol. The largest absolute Gasteiger partial charge is 0.496 e. The molecule has 0 atom stereocenters. The summed E-state index contributed by atoms with van der Waals surface area (Å²) in [5.41, 5.74) is 2.70. The van der Waals surface area contributed by atoms with Crippen LogP contribution in [0.2, 0.25) is 0 Å². The number of methoxy groups -OCH3 is 1. The molecule has 0 unspecified atom stereocenters.